The van der Waals surface area contributed by atoms with E-state index in [1.54, 1.807) is 0 Å². The third-order valence-corrected chi connectivity index (χ3v) is 2.34. The van der Waals surface area contributed by atoms with Crippen LogP contribution >= 0.6 is 0 Å². The van der Waals surface area contributed by atoms with Crippen molar-refractivity contribution in [2.45, 2.75) is 0 Å². The molecule has 0 heterocycles. The number of aromatic carboxylic acids is 1. The molecule has 1 aromatic rings. The number of aliphatic hydroxyl groups is 1. The fraction of sp³-hybridized carbons (Fsp3) is 0.300. The second-order valence-electron chi connectivity index (χ2n) is 3.53. The first-order valence-corrected chi connectivity index (χ1v) is 4.91. The molecule has 0 bridgehead atoms. The van der Waals surface area contributed by atoms with Crippen LogP contribution in [0, 0.1) is 15.9 Å². The highest BCUT2D eigenvalue weighted by Gasteiger charge is 2.23. The number of carboxylic acids is 1. The highest BCUT2D eigenvalue weighted by atomic mass is 19.1. The molecule has 0 saturated carbocycles. The van der Waals surface area contributed by atoms with Crippen LogP contribution in [0.1, 0.15) is 10.4 Å². The molecule has 0 spiro atoms. The number of nitro benzene ring substituents is 1. The monoisotopic (exact) mass is 258 g/mol. The van der Waals surface area contributed by atoms with Crippen molar-refractivity contribution in [2.75, 3.05) is 25.1 Å². The van der Waals surface area contributed by atoms with Crippen molar-refractivity contribution in [3.8, 4) is 0 Å². The standard InChI is InChI=1S/C10H11FN2O5/c1-12(2-3-14)8-4-6(10(15)16)7(11)5-9(8)13(17)18/h4-5,14H,2-3H2,1H3,(H,15,16). The molecule has 1 aromatic carbocycles. The maximum Gasteiger partial charge on any atom is 0.338 e. The lowest BCUT2D eigenvalue weighted by atomic mass is 10.1. The number of halogens is 1. The minimum Gasteiger partial charge on any atom is -0.478 e. The lowest BCUT2D eigenvalue weighted by Crippen LogP contribution is -2.22. The van der Waals surface area contributed by atoms with Crippen molar-refractivity contribution < 1.29 is 24.3 Å². The maximum absolute atomic E-state index is 13.3. The van der Waals surface area contributed by atoms with Gasteiger partial charge in [-0.2, -0.15) is 0 Å². The Bertz CT molecular complexity index is 491. The van der Waals surface area contributed by atoms with E-state index in [9.17, 15) is 19.3 Å². The Hall–Kier alpha value is -2.22. The fourth-order valence-corrected chi connectivity index (χ4v) is 1.44. The summed E-state index contributed by atoms with van der Waals surface area (Å²) < 4.78 is 13.3. The summed E-state index contributed by atoms with van der Waals surface area (Å²) in [6, 6.07) is 1.44. The molecule has 2 N–H and O–H groups in total. The summed E-state index contributed by atoms with van der Waals surface area (Å²) in [4.78, 5) is 22.0. The molecule has 0 atom stereocenters. The largest absolute Gasteiger partial charge is 0.478 e. The smallest absolute Gasteiger partial charge is 0.338 e. The summed E-state index contributed by atoms with van der Waals surface area (Å²) in [6.45, 7) is -0.209. The first kappa shape index (κ1) is 13.8. The van der Waals surface area contributed by atoms with Crippen molar-refractivity contribution in [3.05, 3.63) is 33.6 Å². The summed E-state index contributed by atoms with van der Waals surface area (Å²) in [5, 5.41) is 28.3. The van der Waals surface area contributed by atoms with E-state index in [-0.39, 0.29) is 18.8 Å². The number of rotatable bonds is 5. The van der Waals surface area contributed by atoms with Crippen molar-refractivity contribution in [1.82, 2.24) is 0 Å². The van der Waals surface area contributed by atoms with Gasteiger partial charge in [-0.1, -0.05) is 0 Å². The summed E-state index contributed by atoms with van der Waals surface area (Å²) in [6.07, 6.45) is 0. The predicted octanol–water partition coefficient (Wildman–Crippen LogP) is 0.861. The third-order valence-electron chi connectivity index (χ3n) is 2.34. The van der Waals surface area contributed by atoms with Gasteiger partial charge in [0.1, 0.15) is 11.5 Å². The summed E-state index contributed by atoms with van der Waals surface area (Å²) >= 11 is 0. The Kier molecular flexibility index (Phi) is 4.16. The lowest BCUT2D eigenvalue weighted by Gasteiger charge is -2.18. The van der Waals surface area contributed by atoms with Gasteiger partial charge in [-0.25, -0.2) is 9.18 Å². The maximum atomic E-state index is 13.3. The van der Waals surface area contributed by atoms with Crippen LogP contribution in [0.5, 0.6) is 0 Å². The van der Waals surface area contributed by atoms with Gasteiger partial charge < -0.3 is 15.1 Å². The fourth-order valence-electron chi connectivity index (χ4n) is 1.44. The van der Waals surface area contributed by atoms with Gasteiger partial charge in [0, 0.05) is 13.6 Å². The SMILES string of the molecule is CN(CCO)c1cc(C(=O)O)c(F)cc1[N+](=O)[O-]. The van der Waals surface area contributed by atoms with E-state index in [0.29, 0.717) is 6.07 Å². The van der Waals surface area contributed by atoms with E-state index in [0.717, 1.165) is 6.07 Å². The zero-order valence-corrected chi connectivity index (χ0v) is 9.46. The summed E-state index contributed by atoms with van der Waals surface area (Å²) in [7, 11) is 1.43. The molecule has 7 nitrogen and oxygen atoms in total. The Balaban J connectivity index is 3.39. The van der Waals surface area contributed by atoms with E-state index in [2.05, 4.69) is 0 Å². The van der Waals surface area contributed by atoms with Crippen LogP contribution < -0.4 is 4.90 Å². The zero-order valence-electron chi connectivity index (χ0n) is 9.46. The van der Waals surface area contributed by atoms with Gasteiger partial charge in [0.25, 0.3) is 5.69 Å². The Morgan fingerprint density at radius 2 is 2.17 bits per heavy atom. The van der Waals surface area contributed by atoms with Gasteiger partial charge in [-0.15, -0.1) is 0 Å². The van der Waals surface area contributed by atoms with Gasteiger partial charge in [-0.3, -0.25) is 10.1 Å². The van der Waals surface area contributed by atoms with Crippen LogP contribution in [0.25, 0.3) is 0 Å². The highest BCUT2D eigenvalue weighted by molar-refractivity contribution is 5.90. The number of hydrogen-bond donors (Lipinski definition) is 2. The van der Waals surface area contributed by atoms with E-state index >= 15 is 0 Å². The van der Waals surface area contributed by atoms with Crippen LogP contribution in [0.4, 0.5) is 15.8 Å². The number of nitro groups is 1. The quantitative estimate of drug-likeness (QED) is 0.599. The zero-order chi connectivity index (χ0) is 13.9. The normalized spacial score (nSPS) is 10.2. The van der Waals surface area contributed by atoms with Crippen molar-refractivity contribution in [1.29, 1.82) is 0 Å². The van der Waals surface area contributed by atoms with Crippen molar-refractivity contribution in [3.63, 3.8) is 0 Å². The van der Waals surface area contributed by atoms with Crippen molar-refractivity contribution >= 4 is 17.3 Å². The van der Waals surface area contributed by atoms with Gasteiger partial charge in [0.15, 0.2) is 0 Å². The number of carbonyl (C=O) groups is 1. The number of benzene rings is 1. The van der Waals surface area contributed by atoms with Crippen LogP contribution in [-0.4, -0.2) is 41.3 Å². The van der Waals surface area contributed by atoms with Crippen LogP contribution in [0.3, 0.4) is 0 Å². The molecule has 8 heteroatoms. The molecule has 0 fully saturated rings. The Morgan fingerprint density at radius 1 is 1.56 bits per heavy atom. The van der Waals surface area contributed by atoms with Crippen LogP contribution in [0.15, 0.2) is 12.1 Å². The predicted molar refractivity (Wildman–Crippen MR) is 60.4 cm³/mol. The molecule has 1 rings (SSSR count). The van der Waals surface area contributed by atoms with Crippen molar-refractivity contribution in [2.24, 2.45) is 0 Å². The second-order valence-corrected chi connectivity index (χ2v) is 3.53. The number of likely N-dealkylation sites (N-methyl/N-ethyl adjacent to an activating group) is 1. The van der Waals surface area contributed by atoms with Crippen LogP contribution in [-0.2, 0) is 0 Å². The molecule has 0 aliphatic rings. The molecule has 0 saturated heterocycles. The topological polar surface area (TPSA) is 104 Å². The van der Waals surface area contributed by atoms with E-state index in [1.165, 1.54) is 11.9 Å². The molecule has 98 valence electrons. The average molecular weight is 258 g/mol. The molecule has 0 aromatic heterocycles. The number of nitrogens with zero attached hydrogens (tertiary/aromatic N) is 2. The second kappa shape index (κ2) is 5.41. The minimum absolute atomic E-state index is 0.0610. The summed E-state index contributed by atoms with van der Waals surface area (Å²) in [5.41, 5.74) is -1.26. The third kappa shape index (κ3) is 2.72. The van der Waals surface area contributed by atoms with Gasteiger partial charge in [-0.05, 0) is 6.07 Å². The van der Waals surface area contributed by atoms with Gasteiger partial charge in [0.2, 0.25) is 0 Å². The Labute approximate surface area is 101 Å². The number of carboxylic acid groups (broad SMARTS) is 1. The molecule has 0 radical (unpaired) electrons. The molecular formula is C10H11FN2O5. The van der Waals surface area contributed by atoms with Gasteiger partial charge in [0.05, 0.1) is 23.2 Å². The average Bonchev–Trinajstić information content (AvgIpc) is 2.28. The molecule has 0 aliphatic heterocycles. The number of anilines is 1. The Morgan fingerprint density at radius 3 is 2.61 bits per heavy atom. The number of aliphatic hydroxyl groups excluding tert-OH is 1. The number of hydrogen-bond acceptors (Lipinski definition) is 5. The van der Waals surface area contributed by atoms with E-state index in [1.807, 2.05) is 0 Å². The van der Waals surface area contributed by atoms with E-state index in [4.69, 9.17) is 10.2 Å². The first-order chi connectivity index (χ1) is 8.38. The molecule has 0 unspecified atom stereocenters. The molecule has 0 amide bonds. The molecule has 0 aliphatic carbocycles. The highest BCUT2D eigenvalue weighted by Crippen LogP contribution is 2.30. The van der Waals surface area contributed by atoms with Crippen LogP contribution in [0.2, 0.25) is 0 Å². The molecular weight excluding hydrogens is 247 g/mol. The molecule has 18 heavy (non-hydrogen) atoms. The first-order valence-electron chi connectivity index (χ1n) is 4.91. The lowest BCUT2D eigenvalue weighted by molar-refractivity contribution is -0.384. The summed E-state index contributed by atoms with van der Waals surface area (Å²) in [5.74, 6) is -2.68. The minimum atomic E-state index is -1.51. The van der Waals surface area contributed by atoms with E-state index < -0.39 is 28.0 Å². The van der Waals surface area contributed by atoms with Gasteiger partial charge >= 0.3 is 5.97 Å².